The van der Waals surface area contributed by atoms with E-state index in [4.69, 9.17) is 10.8 Å². The fourth-order valence-electron chi connectivity index (χ4n) is 1.52. The minimum atomic E-state index is -1.25. The molecule has 2 rings (SSSR count). The monoisotopic (exact) mass is 239 g/mol. The molecule has 0 bridgehead atoms. The molecule has 0 fully saturated rings. The summed E-state index contributed by atoms with van der Waals surface area (Å²) in [5.41, 5.74) is 5.55. The Labute approximate surface area is 95.1 Å². The molecule has 90 valence electrons. The Morgan fingerprint density at radius 3 is 2.94 bits per heavy atom. The smallest absolute Gasteiger partial charge is 0.357 e. The van der Waals surface area contributed by atoms with Crippen LogP contribution in [0.15, 0.2) is 6.33 Å². The van der Waals surface area contributed by atoms with Gasteiger partial charge >= 0.3 is 5.97 Å². The number of hydrogen-bond donors (Lipinski definition) is 2. The number of carboxylic acid groups (broad SMARTS) is 1. The number of anilines is 1. The van der Waals surface area contributed by atoms with Crippen LogP contribution < -0.4 is 5.73 Å². The molecule has 0 saturated heterocycles. The van der Waals surface area contributed by atoms with Crippen molar-refractivity contribution in [1.82, 2.24) is 19.7 Å². The van der Waals surface area contributed by atoms with Crippen molar-refractivity contribution in [1.29, 1.82) is 0 Å². The summed E-state index contributed by atoms with van der Waals surface area (Å²) in [6, 6.07) is -0.611. The highest BCUT2D eigenvalue weighted by Gasteiger charge is 2.22. The van der Waals surface area contributed by atoms with Crippen molar-refractivity contribution in [2.75, 3.05) is 12.4 Å². The van der Waals surface area contributed by atoms with Crippen molar-refractivity contribution < 1.29 is 14.3 Å². The van der Waals surface area contributed by atoms with Gasteiger partial charge in [0.2, 0.25) is 0 Å². The summed E-state index contributed by atoms with van der Waals surface area (Å²) in [4.78, 5) is 18.6. The van der Waals surface area contributed by atoms with Crippen LogP contribution in [0, 0.1) is 0 Å². The van der Waals surface area contributed by atoms with Gasteiger partial charge in [0.25, 0.3) is 0 Å². The van der Waals surface area contributed by atoms with E-state index in [-0.39, 0.29) is 22.5 Å². The van der Waals surface area contributed by atoms with Crippen molar-refractivity contribution in [2.45, 2.75) is 13.0 Å². The van der Waals surface area contributed by atoms with Crippen LogP contribution >= 0.6 is 0 Å². The van der Waals surface area contributed by atoms with Crippen LogP contribution in [-0.4, -0.2) is 37.5 Å². The highest BCUT2D eigenvalue weighted by Crippen LogP contribution is 2.23. The fraction of sp³-hybridized carbons (Fsp3) is 0.333. The van der Waals surface area contributed by atoms with Gasteiger partial charge in [0.1, 0.15) is 18.8 Å². The van der Waals surface area contributed by atoms with Crippen molar-refractivity contribution in [3.05, 3.63) is 12.0 Å². The second kappa shape index (κ2) is 3.96. The molecule has 7 nitrogen and oxygen atoms in total. The largest absolute Gasteiger partial charge is 0.476 e. The van der Waals surface area contributed by atoms with Gasteiger partial charge in [-0.15, -0.1) is 0 Å². The molecule has 0 amide bonds. The Morgan fingerprint density at radius 1 is 1.65 bits per heavy atom. The molecule has 0 aliphatic heterocycles. The Kier molecular flexibility index (Phi) is 2.62. The lowest BCUT2D eigenvalue weighted by molar-refractivity contribution is 0.0691. The second-order valence-corrected chi connectivity index (χ2v) is 3.56. The molecule has 2 aromatic rings. The third-order valence-electron chi connectivity index (χ3n) is 2.36. The number of nitrogen functional groups attached to an aromatic ring is 1. The van der Waals surface area contributed by atoms with E-state index in [1.54, 1.807) is 6.92 Å². The average molecular weight is 239 g/mol. The number of fused-ring (bicyclic) bond motifs is 1. The lowest BCUT2D eigenvalue weighted by Crippen LogP contribution is -2.10. The summed E-state index contributed by atoms with van der Waals surface area (Å²) >= 11 is 0. The molecule has 3 N–H and O–H groups in total. The minimum Gasteiger partial charge on any atom is -0.476 e. The molecule has 1 unspecified atom stereocenters. The van der Waals surface area contributed by atoms with E-state index in [0.717, 1.165) is 0 Å². The summed E-state index contributed by atoms with van der Waals surface area (Å²) < 4.78 is 13.8. The number of carbonyl (C=O) groups is 1. The number of alkyl halides is 1. The summed E-state index contributed by atoms with van der Waals surface area (Å²) in [6.45, 7) is 0.885. The minimum absolute atomic E-state index is 0.0182. The van der Waals surface area contributed by atoms with Gasteiger partial charge in [-0.2, -0.15) is 5.10 Å². The lowest BCUT2D eigenvalue weighted by atomic mass is 10.3. The molecule has 0 saturated carbocycles. The standard InChI is InChI=1S/C9H10FN5O2/c1-4(2-10)15-8-5(6(14-15)9(16)17)7(11)12-3-13-8/h3-4H,2H2,1H3,(H,16,17)(H2,11,12,13). The van der Waals surface area contributed by atoms with Crippen LogP contribution in [0.4, 0.5) is 10.2 Å². The van der Waals surface area contributed by atoms with E-state index in [2.05, 4.69) is 15.1 Å². The van der Waals surface area contributed by atoms with Crippen LogP contribution in [0.1, 0.15) is 23.5 Å². The number of rotatable bonds is 3. The number of aromatic nitrogens is 4. The highest BCUT2D eigenvalue weighted by molar-refractivity contribution is 6.04. The lowest BCUT2D eigenvalue weighted by Gasteiger charge is -2.07. The third kappa shape index (κ3) is 1.67. The molecular weight excluding hydrogens is 229 g/mol. The fourth-order valence-corrected chi connectivity index (χ4v) is 1.52. The van der Waals surface area contributed by atoms with Crippen molar-refractivity contribution in [3.63, 3.8) is 0 Å². The van der Waals surface area contributed by atoms with Crippen LogP contribution in [0.3, 0.4) is 0 Å². The first-order valence-electron chi connectivity index (χ1n) is 4.84. The van der Waals surface area contributed by atoms with Crippen LogP contribution in [0.2, 0.25) is 0 Å². The van der Waals surface area contributed by atoms with E-state index in [1.807, 2.05) is 0 Å². The maximum atomic E-state index is 12.6. The first kappa shape index (κ1) is 11.2. The van der Waals surface area contributed by atoms with E-state index >= 15 is 0 Å². The predicted molar refractivity (Wildman–Crippen MR) is 57.4 cm³/mol. The van der Waals surface area contributed by atoms with E-state index in [9.17, 15) is 9.18 Å². The third-order valence-corrected chi connectivity index (χ3v) is 2.36. The quantitative estimate of drug-likeness (QED) is 0.813. The number of carboxylic acids is 1. The zero-order valence-corrected chi connectivity index (χ0v) is 8.96. The molecule has 0 radical (unpaired) electrons. The van der Waals surface area contributed by atoms with Gasteiger partial charge in [0.05, 0.1) is 11.4 Å². The van der Waals surface area contributed by atoms with Gasteiger partial charge in [-0.25, -0.2) is 23.8 Å². The van der Waals surface area contributed by atoms with Crippen molar-refractivity contribution in [3.8, 4) is 0 Å². The summed E-state index contributed by atoms with van der Waals surface area (Å²) in [6.07, 6.45) is 1.19. The van der Waals surface area contributed by atoms with Crippen LogP contribution in [-0.2, 0) is 0 Å². The molecule has 0 aliphatic rings. The summed E-state index contributed by atoms with van der Waals surface area (Å²) in [7, 11) is 0. The second-order valence-electron chi connectivity index (χ2n) is 3.56. The Morgan fingerprint density at radius 2 is 2.35 bits per heavy atom. The molecular formula is C9H10FN5O2. The molecule has 0 aliphatic carbocycles. The Bertz CT molecular complexity index is 582. The van der Waals surface area contributed by atoms with Gasteiger partial charge in [-0.05, 0) is 6.92 Å². The van der Waals surface area contributed by atoms with Crippen molar-refractivity contribution in [2.24, 2.45) is 0 Å². The SMILES string of the molecule is CC(CF)n1nc(C(=O)O)c2c(N)ncnc21. The zero-order valence-electron chi connectivity index (χ0n) is 8.96. The number of nitrogens with two attached hydrogens (primary N) is 1. The predicted octanol–water partition coefficient (Wildman–Crippen LogP) is 0.637. The van der Waals surface area contributed by atoms with Crippen LogP contribution in [0.5, 0.6) is 0 Å². The highest BCUT2D eigenvalue weighted by atomic mass is 19.1. The van der Waals surface area contributed by atoms with Gasteiger partial charge in [0, 0.05) is 0 Å². The average Bonchev–Trinajstić information content (AvgIpc) is 2.69. The first-order chi connectivity index (χ1) is 8.06. The molecule has 0 aromatic carbocycles. The first-order valence-corrected chi connectivity index (χ1v) is 4.84. The number of nitrogens with zero attached hydrogens (tertiary/aromatic N) is 4. The molecule has 17 heavy (non-hydrogen) atoms. The molecule has 8 heteroatoms. The Balaban J connectivity index is 2.80. The number of aromatic carboxylic acids is 1. The zero-order chi connectivity index (χ0) is 12.6. The van der Waals surface area contributed by atoms with E-state index in [1.165, 1.54) is 11.0 Å². The van der Waals surface area contributed by atoms with Crippen molar-refractivity contribution >= 4 is 22.8 Å². The van der Waals surface area contributed by atoms with Gasteiger partial charge in [-0.1, -0.05) is 0 Å². The summed E-state index contributed by atoms with van der Waals surface area (Å²) in [5.74, 6) is -1.23. The maximum Gasteiger partial charge on any atom is 0.357 e. The topological polar surface area (TPSA) is 107 Å². The van der Waals surface area contributed by atoms with Gasteiger partial charge in [-0.3, -0.25) is 0 Å². The molecule has 0 spiro atoms. The number of halogens is 1. The molecule has 1 atom stereocenters. The maximum absolute atomic E-state index is 12.6. The van der Waals surface area contributed by atoms with E-state index < -0.39 is 18.7 Å². The molecule has 2 heterocycles. The number of hydrogen-bond acceptors (Lipinski definition) is 5. The van der Waals surface area contributed by atoms with Crippen LogP contribution in [0.25, 0.3) is 11.0 Å². The molecule has 2 aromatic heterocycles. The Hall–Kier alpha value is -2.25. The van der Waals surface area contributed by atoms with Gasteiger partial charge in [0.15, 0.2) is 11.3 Å². The normalized spacial score (nSPS) is 12.8. The van der Waals surface area contributed by atoms with Gasteiger partial charge < -0.3 is 10.8 Å². The summed E-state index contributed by atoms with van der Waals surface area (Å²) in [5, 5.41) is 12.9. The van der Waals surface area contributed by atoms with E-state index in [0.29, 0.717) is 0 Å².